The Hall–Kier alpha value is -3.44. The van der Waals surface area contributed by atoms with Gasteiger partial charge in [0.15, 0.2) is 0 Å². The van der Waals surface area contributed by atoms with Crippen molar-refractivity contribution in [3.63, 3.8) is 0 Å². The second kappa shape index (κ2) is 9.79. The lowest BCUT2D eigenvalue weighted by Crippen LogP contribution is -2.54. The molecule has 0 saturated carbocycles. The Morgan fingerprint density at radius 1 is 0.906 bits per heavy atom. The molecule has 3 aromatic rings. The van der Waals surface area contributed by atoms with Gasteiger partial charge in [0.1, 0.15) is 0 Å². The van der Waals surface area contributed by atoms with Crippen LogP contribution in [0.2, 0.25) is 0 Å². The van der Waals surface area contributed by atoms with Crippen molar-refractivity contribution in [2.45, 2.75) is 18.9 Å². The second-order valence-corrected chi connectivity index (χ2v) is 8.48. The minimum Gasteiger partial charge on any atom is -0.308 e. The number of likely N-dealkylation sites (N-methyl/N-ethyl adjacent to an activating group) is 1. The number of fused-ring (bicyclic) bond motifs is 1. The van der Waals surface area contributed by atoms with E-state index in [-0.39, 0.29) is 11.9 Å². The summed E-state index contributed by atoms with van der Waals surface area (Å²) in [4.78, 5) is 30.7. The molecule has 4 rings (SSSR count). The van der Waals surface area contributed by atoms with Crippen LogP contribution in [-0.2, 0) is 16.0 Å². The highest BCUT2D eigenvalue weighted by molar-refractivity contribution is 6.00. The maximum atomic E-state index is 13.3. The molecule has 5 heteroatoms. The lowest BCUT2D eigenvalue weighted by molar-refractivity contribution is -0.119. The summed E-state index contributed by atoms with van der Waals surface area (Å²) in [6.45, 7) is 1.19. The van der Waals surface area contributed by atoms with Crippen LogP contribution < -0.4 is 9.80 Å². The minimum absolute atomic E-state index is 0.0773. The van der Waals surface area contributed by atoms with E-state index in [4.69, 9.17) is 0 Å². The number of carbonyl (C=O) groups is 2. The van der Waals surface area contributed by atoms with E-state index in [1.165, 1.54) is 11.1 Å². The number of amides is 2. The average Bonchev–Trinajstić information content (AvgIpc) is 2.82. The van der Waals surface area contributed by atoms with Crippen molar-refractivity contribution in [3.05, 3.63) is 84.4 Å². The van der Waals surface area contributed by atoms with Crippen LogP contribution in [0.1, 0.15) is 12.0 Å². The number of para-hydroxylation sites is 2. The predicted molar refractivity (Wildman–Crippen MR) is 130 cm³/mol. The van der Waals surface area contributed by atoms with Crippen molar-refractivity contribution in [1.29, 1.82) is 0 Å². The van der Waals surface area contributed by atoms with Gasteiger partial charge in [-0.25, -0.2) is 0 Å². The maximum Gasteiger partial charge on any atom is 0.227 e. The lowest BCUT2D eigenvalue weighted by atomic mass is 10.0. The Morgan fingerprint density at radius 2 is 1.53 bits per heavy atom. The first-order valence-corrected chi connectivity index (χ1v) is 11.0. The fourth-order valence-electron chi connectivity index (χ4n) is 4.33. The first kappa shape index (κ1) is 21.8. The molecule has 32 heavy (non-hydrogen) atoms. The molecule has 0 bridgehead atoms. The van der Waals surface area contributed by atoms with Crippen LogP contribution in [-0.4, -0.2) is 50.4 Å². The number of hydrogen-bond acceptors (Lipinski definition) is 3. The van der Waals surface area contributed by atoms with Crippen LogP contribution in [0.15, 0.2) is 78.9 Å². The normalized spacial score (nSPS) is 15.5. The smallest absolute Gasteiger partial charge is 0.227 e. The summed E-state index contributed by atoms with van der Waals surface area (Å²) < 4.78 is 0. The van der Waals surface area contributed by atoms with E-state index in [1.54, 1.807) is 4.90 Å². The van der Waals surface area contributed by atoms with E-state index in [0.29, 0.717) is 25.9 Å². The number of nitrogens with zero attached hydrogens (tertiary/aromatic N) is 3. The van der Waals surface area contributed by atoms with Gasteiger partial charge in [-0.1, -0.05) is 66.7 Å². The van der Waals surface area contributed by atoms with Crippen molar-refractivity contribution >= 4 is 23.7 Å². The van der Waals surface area contributed by atoms with Crippen molar-refractivity contribution in [3.8, 4) is 11.1 Å². The third kappa shape index (κ3) is 4.73. The molecule has 0 aromatic heterocycles. The second-order valence-electron chi connectivity index (χ2n) is 8.48. The zero-order chi connectivity index (χ0) is 22.5. The molecule has 2 amide bonds. The van der Waals surface area contributed by atoms with Gasteiger partial charge in [0.25, 0.3) is 0 Å². The topological polar surface area (TPSA) is 43.9 Å². The molecular weight excluding hydrogens is 398 g/mol. The first-order valence-electron chi connectivity index (χ1n) is 11.0. The number of anilines is 2. The summed E-state index contributed by atoms with van der Waals surface area (Å²) in [6, 6.07) is 26.3. The van der Waals surface area contributed by atoms with Crippen LogP contribution in [0.25, 0.3) is 11.1 Å². The summed E-state index contributed by atoms with van der Waals surface area (Å²) >= 11 is 0. The molecule has 5 nitrogen and oxygen atoms in total. The Morgan fingerprint density at radius 3 is 2.19 bits per heavy atom. The summed E-state index contributed by atoms with van der Waals surface area (Å²) in [5, 5.41) is 0. The number of carbonyl (C=O) groups excluding carboxylic acids is 2. The maximum absolute atomic E-state index is 13.3. The summed E-state index contributed by atoms with van der Waals surface area (Å²) in [5.41, 5.74) is 5.10. The van der Waals surface area contributed by atoms with Gasteiger partial charge in [0.2, 0.25) is 12.3 Å². The molecule has 0 saturated heterocycles. The van der Waals surface area contributed by atoms with Gasteiger partial charge < -0.3 is 14.7 Å². The Bertz CT molecular complexity index is 1060. The van der Waals surface area contributed by atoms with Crippen molar-refractivity contribution in [2.24, 2.45) is 0 Å². The largest absolute Gasteiger partial charge is 0.308 e. The summed E-state index contributed by atoms with van der Waals surface area (Å²) in [7, 11) is 3.96. The van der Waals surface area contributed by atoms with Gasteiger partial charge in [-0.15, -0.1) is 0 Å². The van der Waals surface area contributed by atoms with E-state index in [9.17, 15) is 9.59 Å². The summed E-state index contributed by atoms with van der Waals surface area (Å²) in [5.74, 6) is 0.0823. The standard InChI is InChI=1S/C27H29N3O2/c1-28(2)18-24-19-29(25-10-6-7-11-26(25)30(24)20-31)27(32)17-14-21-12-15-23(16-13-21)22-8-4-3-5-9-22/h3-13,15-16,20,24H,14,17-19H2,1-2H3. The molecule has 1 aliphatic rings. The molecule has 0 spiro atoms. The van der Waals surface area contributed by atoms with Gasteiger partial charge in [0.05, 0.1) is 17.4 Å². The number of benzene rings is 3. The number of aryl methyl sites for hydroxylation is 1. The van der Waals surface area contributed by atoms with Crippen molar-refractivity contribution in [1.82, 2.24) is 4.90 Å². The molecule has 3 aromatic carbocycles. The van der Waals surface area contributed by atoms with Gasteiger partial charge in [-0.05, 0) is 49.3 Å². The van der Waals surface area contributed by atoms with Gasteiger partial charge >= 0.3 is 0 Å². The van der Waals surface area contributed by atoms with Crippen molar-refractivity contribution in [2.75, 3.05) is 37.0 Å². The third-order valence-electron chi connectivity index (χ3n) is 5.92. The summed E-state index contributed by atoms with van der Waals surface area (Å²) in [6.07, 6.45) is 1.99. The van der Waals surface area contributed by atoms with Crippen LogP contribution in [0.4, 0.5) is 11.4 Å². The highest BCUT2D eigenvalue weighted by Gasteiger charge is 2.33. The van der Waals surface area contributed by atoms with Gasteiger partial charge in [-0.3, -0.25) is 9.59 Å². The lowest BCUT2D eigenvalue weighted by Gasteiger charge is -2.41. The SMILES string of the molecule is CN(C)CC1CN(C(=O)CCc2ccc(-c3ccccc3)cc2)c2ccccc2N1C=O. The van der Waals surface area contributed by atoms with Gasteiger partial charge in [0, 0.05) is 19.5 Å². The number of rotatable bonds is 7. The molecular formula is C27H29N3O2. The molecule has 1 atom stereocenters. The zero-order valence-corrected chi connectivity index (χ0v) is 18.6. The van der Waals surface area contributed by atoms with Crippen LogP contribution in [0, 0.1) is 0 Å². The molecule has 1 aliphatic heterocycles. The van der Waals surface area contributed by atoms with Gasteiger partial charge in [-0.2, -0.15) is 0 Å². The van der Waals surface area contributed by atoms with E-state index >= 15 is 0 Å². The Labute approximate surface area is 189 Å². The molecule has 164 valence electrons. The quantitative estimate of drug-likeness (QED) is 0.530. The molecule has 1 heterocycles. The highest BCUT2D eigenvalue weighted by Crippen LogP contribution is 2.35. The Balaban J connectivity index is 1.48. The minimum atomic E-state index is -0.0773. The highest BCUT2D eigenvalue weighted by atomic mass is 16.2. The predicted octanol–water partition coefficient (Wildman–Crippen LogP) is 4.23. The van der Waals surface area contributed by atoms with Crippen LogP contribution in [0.5, 0.6) is 0 Å². The average molecular weight is 428 g/mol. The number of hydrogen-bond donors (Lipinski definition) is 0. The molecule has 0 radical (unpaired) electrons. The van der Waals surface area contributed by atoms with Crippen LogP contribution in [0.3, 0.4) is 0 Å². The Kier molecular flexibility index (Phi) is 6.66. The fourth-order valence-corrected chi connectivity index (χ4v) is 4.33. The van der Waals surface area contributed by atoms with E-state index in [0.717, 1.165) is 23.3 Å². The van der Waals surface area contributed by atoms with E-state index in [2.05, 4.69) is 36.4 Å². The monoisotopic (exact) mass is 427 g/mol. The zero-order valence-electron chi connectivity index (χ0n) is 18.6. The molecule has 1 unspecified atom stereocenters. The fraction of sp³-hybridized carbons (Fsp3) is 0.259. The van der Waals surface area contributed by atoms with E-state index < -0.39 is 0 Å². The molecule has 0 fully saturated rings. The van der Waals surface area contributed by atoms with Crippen LogP contribution >= 0.6 is 0 Å². The third-order valence-corrected chi connectivity index (χ3v) is 5.92. The van der Waals surface area contributed by atoms with E-state index in [1.807, 2.05) is 66.4 Å². The molecule has 0 aliphatic carbocycles. The molecule has 0 N–H and O–H groups in total. The van der Waals surface area contributed by atoms with Crippen molar-refractivity contribution < 1.29 is 9.59 Å². The first-order chi connectivity index (χ1) is 15.6.